The quantitative estimate of drug-likeness (QED) is 0.743. The molecule has 0 unspecified atom stereocenters. The molecule has 1 N–H and O–H groups in total. The van der Waals surface area contributed by atoms with Crippen LogP contribution in [0, 0.1) is 12.7 Å². The lowest BCUT2D eigenvalue weighted by Crippen LogP contribution is -2.14. The minimum Gasteiger partial charge on any atom is -0.310 e. The van der Waals surface area contributed by atoms with Gasteiger partial charge < -0.3 is 5.32 Å². The summed E-state index contributed by atoms with van der Waals surface area (Å²) in [6, 6.07) is 10.0. The van der Waals surface area contributed by atoms with Gasteiger partial charge in [-0.05, 0) is 42.7 Å². The lowest BCUT2D eigenvalue weighted by Gasteiger charge is -2.06. The maximum atomic E-state index is 13.0. The van der Waals surface area contributed by atoms with Crippen molar-refractivity contribution in [3.05, 3.63) is 66.4 Å². The minimum absolute atomic E-state index is 0.0623. The Hall–Kier alpha value is -3.02. The molecule has 0 saturated carbocycles. The minimum atomic E-state index is -0.259. The van der Waals surface area contributed by atoms with Crippen LogP contribution in [0.2, 0.25) is 0 Å². The van der Waals surface area contributed by atoms with Gasteiger partial charge in [0.15, 0.2) is 0 Å². The molecule has 25 heavy (non-hydrogen) atoms. The highest BCUT2D eigenvalue weighted by Gasteiger charge is 2.06. The molecule has 0 spiro atoms. The fraction of sp³-hybridized carbons (Fsp3) is 0.211. The van der Waals surface area contributed by atoms with E-state index >= 15 is 0 Å². The zero-order chi connectivity index (χ0) is 17.6. The monoisotopic (exact) mass is 338 g/mol. The maximum Gasteiger partial charge on any atom is 0.225 e. The normalized spacial score (nSPS) is 10.6. The van der Waals surface area contributed by atoms with Crippen LogP contribution in [0.1, 0.15) is 18.4 Å². The van der Waals surface area contributed by atoms with Crippen molar-refractivity contribution in [2.24, 2.45) is 0 Å². The van der Waals surface area contributed by atoms with Gasteiger partial charge in [-0.2, -0.15) is 5.10 Å². The Morgan fingerprint density at radius 1 is 1.20 bits per heavy atom. The van der Waals surface area contributed by atoms with Gasteiger partial charge in [0.2, 0.25) is 5.91 Å². The van der Waals surface area contributed by atoms with Gasteiger partial charge in [-0.3, -0.25) is 9.48 Å². The number of nitrogens with one attached hydrogen (secondary N) is 1. The Balaban J connectivity index is 1.50. The Labute approximate surface area is 145 Å². The Bertz CT molecular complexity index is 858. The summed E-state index contributed by atoms with van der Waals surface area (Å²) in [7, 11) is 0. The second kappa shape index (κ2) is 7.70. The van der Waals surface area contributed by atoms with Crippen molar-refractivity contribution in [1.82, 2.24) is 14.8 Å². The second-order valence-corrected chi connectivity index (χ2v) is 5.82. The number of aromatic nitrogens is 3. The average Bonchev–Trinajstić information content (AvgIpc) is 3.06. The van der Waals surface area contributed by atoms with E-state index in [4.69, 9.17) is 0 Å². The van der Waals surface area contributed by atoms with Crippen LogP contribution in [0.25, 0.3) is 11.1 Å². The van der Waals surface area contributed by atoms with Gasteiger partial charge in [-0.1, -0.05) is 18.2 Å². The van der Waals surface area contributed by atoms with Crippen molar-refractivity contribution in [2.45, 2.75) is 26.3 Å². The third-order valence-corrected chi connectivity index (χ3v) is 3.87. The van der Waals surface area contributed by atoms with E-state index < -0.39 is 0 Å². The Morgan fingerprint density at radius 2 is 2.00 bits per heavy atom. The summed E-state index contributed by atoms with van der Waals surface area (Å²) in [6.45, 7) is 2.54. The number of carbonyl (C=O) groups excluding carboxylic acids is 1. The van der Waals surface area contributed by atoms with Crippen molar-refractivity contribution >= 4 is 11.7 Å². The molecule has 0 aliphatic carbocycles. The molecule has 3 rings (SSSR count). The highest BCUT2D eigenvalue weighted by atomic mass is 19.1. The van der Waals surface area contributed by atoms with Crippen LogP contribution in [-0.2, 0) is 11.3 Å². The predicted octanol–water partition coefficient (Wildman–Crippen LogP) is 3.81. The second-order valence-electron chi connectivity index (χ2n) is 5.82. The number of anilines is 1. The van der Waals surface area contributed by atoms with Gasteiger partial charge >= 0.3 is 0 Å². The summed E-state index contributed by atoms with van der Waals surface area (Å²) in [5.74, 6) is 0.281. The van der Waals surface area contributed by atoms with E-state index in [1.165, 1.54) is 12.1 Å². The third kappa shape index (κ3) is 4.50. The first kappa shape index (κ1) is 16.8. The van der Waals surface area contributed by atoms with Gasteiger partial charge in [0, 0.05) is 30.9 Å². The number of aryl methyl sites for hydroxylation is 2. The molecule has 1 aromatic carbocycles. The van der Waals surface area contributed by atoms with Gasteiger partial charge in [-0.15, -0.1) is 0 Å². The SMILES string of the molecule is Cc1cccnc1NC(=O)CCCn1cc(-c2ccc(F)cc2)cn1. The number of pyridine rings is 1. The van der Waals surface area contributed by atoms with Gasteiger partial charge in [0.05, 0.1) is 6.20 Å². The van der Waals surface area contributed by atoms with Gasteiger partial charge in [-0.25, -0.2) is 9.37 Å². The number of rotatable bonds is 6. The zero-order valence-electron chi connectivity index (χ0n) is 13.9. The van der Waals surface area contributed by atoms with E-state index in [1.807, 2.05) is 25.3 Å². The van der Waals surface area contributed by atoms with Crippen LogP contribution in [0.15, 0.2) is 55.0 Å². The molecule has 5 nitrogen and oxygen atoms in total. The number of halogens is 1. The first-order valence-electron chi connectivity index (χ1n) is 8.12. The summed E-state index contributed by atoms with van der Waals surface area (Å²) < 4.78 is 14.8. The molecule has 0 aliphatic rings. The van der Waals surface area contributed by atoms with Crippen molar-refractivity contribution in [2.75, 3.05) is 5.32 Å². The van der Waals surface area contributed by atoms with E-state index in [0.29, 0.717) is 25.2 Å². The van der Waals surface area contributed by atoms with Gasteiger partial charge in [0.25, 0.3) is 0 Å². The van der Waals surface area contributed by atoms with Crippen LogP contribution >= 0.6 is 0 Å². The van der Waals surface area contributed by atoms with Gasteiger partial charge in [0.1, 0.15) is 11.6 Å². The van der Waals surface area contributed by atoms with Crippen LogP contribution in [0.4, 0.5) is 10.2 Å². The standard InChI is InChI=1S/C19H19FN4O/c1-14-4-2-10-21-19(14)23-18(25)5-3-11-24-13-16(12-22-24)15-6-8-17(20)9-7-15/h2,4,6-10,12-13H,3,5,11H2,1H3,(H,21,23,25). The molecule has 0 radical (unpaired) electrons. The lowest BCUT2D eigenvalue weighted by molar-refractivity contribution is -0.116. The topological polar surface area (TPSA) is 59.8 Å². The van der Waals surface area contributed by atoms with Crippen LogP contribution in [0.5, 0.6) is 0 Å². The van der Waals surface area contributed by atoms with Crippen molar-refractivity contribution in [3.63, 3.8) is 0 Å². The number of hydrogen-bond donors (Lipinski definition) is 1. The van der Waals surface area contributed by atoms with E-state index in [-0.39, 0.29) is 11.7 Å². The van der Waals surface area contributed by atoms with E-state index in [9.17, 15) is 9.18 Å². The number of nitrogens with zero attached hydrogens (tertiary/aromatic N) is 3. The molecule has 0 saturated heterocycles. The van der Waals surface area contributed by atoms with Crippen molar-refractivity contribution in [1.29, 1.82) is 0 Å². The average molecular weight is 338 g/mol. The van der Waals surface area contributed by atoms with E-state index in [0.717, 1.165) is 16.7 Å². The lowest BCUT2D eigenvalue weighted by atomic mass is 10.1. The molecule has 2 aromatic heterocycles. The summed E-state index contributed by atoms with van der Waals surface area (Å²) in [4.78, 5) is 16.1. The number of benzene rings is 1. The molecule has 2 heterocycles. The number of amides is 1. The predicted molar refractivity (Wildman–Crippen MR) is 94.5 cm³/mol. The fourth-order valence-corrected chi connectivity index (χ4v) is 2.49. The van der Waals surface area contributed by atoms with Crippen LogP contribution in [-0.4, -0.2) is 20.7 Å². The molecule has 3 aromatic rings. The molecule has 0 bridgehead atoms. The highest BCUT2D eigenvalue weighted by molar-refractivity contribution is 5.90. The first-order chi connectivity index (χ1) is 12.1. The molecular formula is C19H19FN4O. The largest absolute Gasteiger partial charge is 0.310 e. The zero-order valence-corrected chi connectivity index (χ0v) is 13.9. The fourth-order valence-electron chi connectivity index (χ4n) is 2.49. The van der Waals surface area contributed by atoms with E-state index in [1.54, 1.807) is 29.2 Å². The third-order valence-electron chi connectivity index (χ3n) is 3.87. The molecule has 0 aliphatic heterocycles. The summed E-state index contributed by atoms with van der Waals surface area (Å²) in [6.07, 6.45) is 6.35. The summed E-state index contributed by atoms with van der Waals surface area (Å²) in [5.41, 5.74) is 2.77. The van der Waals surface area contributed by atoms with Crippen LogP contribution < -0.4 is 5.32 Å². The van der Waals surface area contributed by atoms with Crippen LogP contribution in [0.3, 0.4) is 0 Å². The molecule has 0 atom stereocenters. The summed E-state index contributed by atoms with van der Waals surface area (Å²) in [5, 5.41) is 7.11. The molecular weight excluding hydrogens is 319 g/mol. The van der Waals surface area contributed by atoms with Crippen molar-refractivity contribution < 1.29 is 9.18 Å². The molecule has 1 amide bonds. The first-order valence-corrected chi connectivity index (χ1v) is 8.12. The molecule has 0 fully saturated rings. The van der Waals surface area contributed by atoms with Crippen molar-refractivity contribution in [3.8, 4) is 11.1 Å². The van der Waals surface area contributed by atoms with E-state index in [2.05, 4.69) is 15.4 Å². The Morgan fingerprint density at radius 3 is 2.76 bits per heavy atom. The highest BCUT2D eigenvalue weighted by Crippen LogP contribution is 2.19. The maximum absolute atomic E-state index is 13.0. The number of carbonyl (C=O) groups is 1. The molecule has 6 heteroatoms. The summed E-state index contributed by atoms with van der Waals surface area (Å²) >= 11 is 0. The smallest absolute Gasteiger partial charge is 0.225 e. The Kier molecular flexibility index (Phi) is 5.18. The number of hydrogen-bond acceptors (Lipinski definition) is 3. The molecule has 128 valence electrons.